The Morgan fingerprint density at radius 1 is 0.917 bits per heavy atom. The van der Waals surface area contributed by atoms with E-state index in [1.807, 2.05) is 6.92 Å². The molecule has 0 rings (SSSR count). The van der Waals surface area contributed by atoms with E-state index in [9.17, 15) is 4.79 Å². The molecule has 0 aliphatic rings. The van der Waals surface area contributed by atoms with E-state index in [1.165, 1.54) is 51.0 Å². The van der Waals surface area contributed by atoms with Gasteiger partial charge in [0.05, 0.1) is 0 Å². The molecule has 0 unspecified atom stereocenters. The Morgan fingerprint density at radius 3 is 1.75 bits per heavy atom. The van der Waals surface area contributed by atoms with E-state index in [0.717, 1.165) is 36.2 Å². The minimum atomic E-state index is -0.822. The number of carboxylic acid groups (broad SMARTS) is 1. The third-order valence-corrected chi connectivity index (χ3v) is 4.51. The smallest absolute Gasteiger partial charge is 1.00 e. The molecule has 0 aliphatic heterocycles. The van der Waals surface area contributed by atoms with Crippen LogP contribution >= 0.6 is 0 Å². The van der Waals surface area contributed by atoms with Crippen LogP contribution in [0.2, 0.25) is 0 Å². The van der Waals surface area contributed by atoms with Crippen molar-refractivity contribution in [2.24, 2.45) is 17.8 Å². The van der Waals surface area contributed by atoms with Crippen LogP contribution in [-0.2, 0) is 21.9 Å². The second kappa shape index (κ2) is 18.5. The van der Waals surface area contributed by atoms with E-state index in [0.29, 0.717) is 0 Å². The monoisotopic (exact) mass is 390 g/mol. The first-order chi connectivity index (χ1) is 10.3. The van der Waals surface area contributed by atoms with E-state index < -0.39 is 5.97 Å². The van der Waals surface area contributed by atoms with E-state index in [-0.39, 0.29) is 48.1 Å². The van der Waals surface area contributed by atoms with Gasteiger partial charge < -0.3 is 6.53 Å². The molecule has 0 saturated carbocycles. The zero-order valence-corrected chi connectivity index (χ0v) is 20.0. The summed E-state index contributed by atoms with van der Waals surface area (Å²) in [5.74, 6) is 1.65. The fraction of sp³-hybridized carbons (Fsp3) is 0.850. The van der Waals surface area contributed by atoms with Gasteiger partial charge in [-0.15, -0.1) is 0 Å². The Balaban J connectivity index is -0.000000735. The van der Waals surface area contributed by atoms with Gasteiger partial charge in [0.25, 0.3) is 0 Å². The first-order valence-electron chi connectivity index (χ1n) is 9.21. The molecule has 0 bridgehead atoms. The van der Waals surface area contributed by atoms with Crippen LogP contribution in [0, 0.1) is 17.8 Å². The Labute approximate surface area is 184 Å². The van der Waals surface area contributed by atoms with Gasteiger partial charge in [-0.3, -0.25) is 0 Å². The van der Waals surface area contributed by atoms with Crippen molar-refractivity contribution >= 4 is 5.97 Å². The van der Waals surface area contributed by atoms with Crippen LogP contribution in [0.15, 0.2) is 11.6 Å². The molecule has 2 atom stereocenters. The summed E-state index contributed by atoms with van der Waals surface area (Å²) in [6.45, 7) is 11.3. The van der Waals surface area contributed by atoms with Crippen LogP contribution < -0.4 is 29.6 Å². The maximum absolute atomic E-state index is 10.5. The molecule has 1 N–H and O–H groups in total. The molecule has 2 nitrogen and oxygen atoms in total. The molecule has 0 heterocycles. The maximum Gasteiger partial charge on any atom is 1.00 e. The average molecular weight is 390 g/mol. The number of hydrogen-bond acceptors (Lipinski definition) is 1. The van der Waals surface area contributed by atoms with E-state index in [4.69, 9.17) is 5.11 Å². The predicted octanol–water partition coefficient (Wildman–Crippen LogP) is 3.57. The standard InChI is InChI=1S/C20H38O2.Fe.Na.H/c1-16(2)9-6-10-17(3)11-7-12-18(4)13-8-14-19(5)15-20(21)22;;;/h15-18H,6-14H2,1-5H3,(H,21,22);;;/q;;+1;-1/b19-15+;;;/t17-,18-;;;/m1.../s1. The molecule has 0 spiro atoms. The second-order valence-corrected chi connectivity index (χ2v) is 7.69. The van der Waals surface area contributed by atoms with Gasteiger partial charge in [0.1, 0.15) is 0 Å². The largest absolute Gasteiger partial charge is 1.00 e. The average Bonchev–Trinajstić information content (AvgIpc) is 2.37. The minimum absolute atomic E-state index is 0. The van der Waals surface area contributed by atoms with Gasteiger partial charge in [0, 0.05) is 23.1 Å². The molecule has 0 aromatic carbocycles. The Hall–Kier alpha value is 0.729. The molecule has 0 amide bonds. The zero-order valence-electron chi connectivity index (χ0n) is 17.9. The second-order valence-electron chi connectivity index (χ2n) is 7.69. The van der Waals surface area contributed by atoms with Crippen LogP contribution in [0.4, 0.5) is 0 Å². The molecule has 0 radical (unpaired) electrons. The normalized spacial score (nSPS) is 13.8. The van der Waals surface area contributed by atoms with Crippen molar-refractivity contribution in [1.29, 1.82) is 0 Å². The van der Waals surface area contributed by atoms with Crippen LogP contribution in [0.1, 0.15) is 93.8 Å². The van der Waals surface area contributed by atoms with Crippen LogP contribution in [0.25, 0.3) is 0 Å². The molecule has 0 aromatic rings. The minimum Gasteiger partial charge on any atom is -1.00 e. The number of rotatable bonds is 13. The van der Waals surface area contributed by atoms with Gasteiger partial charge in [-0.2, -0.15) is 0 Å². The fourth-order valence-electron chi connectivity index (χ4n) is 2.99. The van der Waals surface area contributed by atoms with Crippen molar-refractivity contribution in [1.82, 2.24) is 0 Å². The van der Waals surface area contributed by atoms with E-state index in [1.54, 1.807) is 0 Å². The van der Waals surface area contributed by atoms with E-state index >= 15 is 0 Å². The summed E-state index contributed by atoms with van der Waals surface area (Å²) in [4.78, 5) is 10.5. The van der Waals surface area contributed by atoms with Gasteiger partial charge in [0.2, 0.25) is 0 Å². The molecule has 0 aliphatic carbocycles. The summed E-state index contributed by atoms with van der Waals surface area (Å²) < 4.78 is 0. The fourth-order valence-corrected chi connectivity index (χ4v) is 2.99. The van der Waals surface area contributed by atoms with Crippen molar-refractivity contribution in [2.45, 2.75) is 92.4 Å². The zero-order chi connectivity index (χ0) is 17.0. The summed E-state index contributed by atoms with van der Waals surface area (Å²) in [6, 6.07) is 0. The first-order valence-corrected chi connectivity index (χ1v) is 9.21. The van der Waals surface area contributed by atoms with Gasteiger partial charge in [-0.05, 0) is 37.5 Å². The van der Waals surface area contributed by atoms with Crippen LogP contribution in [0.5, 0.6) is 0 Å². The number of carboxylic acids is 1. The van der Waals surface area contributed by atoms with Crippen molar-refractivity contribution in [3.8, 4) is 0 Å². The molecule has 0 saturated heterocycles. The molecular weight excluding hydrogens is 351 g/mol. The number of allylic oxidation sites excluding steroid dienone is 1. The molecular formula is C20H39FeNaO2. The summed E-state index contributed by atoms with van der Waals surface area (Å²) in [5.41, 5.74) is 0.985. The number of carbonyl (C=O) groups is 1. The summed E-state index contributed by atoms with van der Waals surface area (Å²) >= 11 is 0. The Morgan fingerprint density at radius 2 is 1.33 bits per heavy atom. The SMILES string of the molecule is C/C(=C\C(=O)O)CCC[C@H](C)CCC[C@H](C)CCCC(C)C.[Fe].[H-].[Na+]. The van der Waals surface area contributed by atoms with Crippen LogP contribution in [-0.4, -0.2) is 11.1 Å². The summed E-state index contributed by atoms with van der Waals surface area (Å²) in [5, 5.41) is 8.68. The summed E-state index contributed by atoms with van der Waals surface area (Å²) in [6.07, 6.45) is 12.7. The molecule has 0 fully saturated rings. The van der Waals surface area contributed by atoms with Crippen molar-refractivity contribution in [3.05, 3.63) is 11.6 Å². The third-order valence-electron chi connectivity index (χ3n) is 4.51. The Bertz CT molecular complexity index is 336. The van der Waals surface area contributed by atoms with Crippen molar-refractivity contribution < 1.29 is 58.0 Å². The van der Waals surface area contributed by atoms with Crippen molar-refractivity contribution in [2.75, 3.05) is 0 Å². The van der Waals surface area contributed by atoms with Gasteiger partial charge >= 0.3 is 35.5 Å². The molecule has 24 heavy (non-hydrogen) atoms. The Kier molecular flexibility index (Phi) is 22.8. The maximum atomic E-state index is 10.5. The van der Waals surface area contributed by atoms with Gasteiger partial charge in [-0.25, -0.2) is 4.79 Å². The topological polar surface area (TPSA) is 37.3 Å². The number of hydrogen-bond donors (Lipinski definition) is 1. The van der Waals surface area contributed by atoms with Gasteiger partial charge in [-0.1, -0.05) is 78.2 Å². The molecule has 140 valence electrons. The number of aliphatic carboxylic acids is 1. The quantitative estimate of drug-likeness (QED) is 0.386. The summed E-state index contributed by atoms with van der Waals surface area (Å²) in [7, 11) is 0. The van der Waals surface area contributed by atoms with Crippen molar-refractivity contribution in [3.63, 3.8) is 0 Å². The first kappa shape index (κ1) is 29.5. The van der Waals surface area contributed by atoms with Gasteiger partial charge in [0.15, 0.2) is 0 Å². The predicted molar refractivity (Wildman–Crippen MR) is 97.2 cm³/mol. The molecule has 0 aromatic heterocycles. The molecule has 4 heteroatoms. The van der Waals surface area contributed by atoms with Crippen LogP contribution in [0.3, 0.4) is 0 Å². The third kappa shape index (κ3) is 20.8. The van der Waals surface area contributed by atoms with E-state index in [2.05, 4.69) is 27.7 Å².